The minimum Gasteiger partial charge on any atom is -0.478 e. The van der Waals surface area contributed by atoms with E-state index in [2.05, 4.69) is 0 Å². The summed E-state index contributed by atoms with van der Waals surface area (Å²) in [6, 6.07) is 0. The summed E-state index contributed by atoms with van der Waals surface area (Å²) in [7, 11) is 0. The predicted molar refractivity (Wildman–Crippen MR) is 62.6 cm³/mol. The molecule has 0 aromatic rings. The molecule has 138 valence electrons. The molecule has 0 aromatic heterocycles. The van der Waals surface area contributed by atoms with Gasteiger partial charge < -0.3 is 10.2 Å². The standard InChI is InChI=1S/C12H10F8O4/c13-9(14,5-1-3-7(21)22)11(17,18)12(19,20)10(15,16)6-2-4-8(23)24/h1-4H,5-6H2,(H,21,22)(H,23,24). The highest BCUT2D eigenvalue weighted by Gasteiger charge is 2.79. The molecule has 0 aliphatic heterocycles. The molecule has 2 N–H and O–H groups in total. The minimum absolute atomic E-state index is 0.0458. The molecule has 4 nitrogen and oxygen atoms in total. The van der Waals surface area contributed by atoms with Crippen molar-refractivity contribution in [1.82, 2.24) is 0 Å². The Morgan fingerprint density at radius 2 is 0.917 bits per heavy atom. The maximum absolute atomic E-state index is 13.3. The molecule has 0 aliphatic rings. The summed E-state index contributed by atoms with van der Waals surface area (Å²) in [6.45, 7) is 0. The largest absolute Gasteiger partial charge is 0.478 e. The van der Waals surface area contributed by atoms with Crippen molar-refractivity contribution in [2.75, 3.05) is 0 Å². The summed E-state index contributed by atoms with van der Waals surface area (Å²) >= 11 is 0. The molecule has 0 radical (unpaired) electrons. The Morgan fingerprint density at radius 1 is 0.667 bits per heavy atom. The van der Waals surface area contributed by atoms with Gasteiger partial charge in [0.15, 0.2) is 0 Å². The van der Waals surface area contributed by atoms with Crippen LogP contribution in [0.3, 0.4) is 0 Å². The second-order valence-electron chi connectivity index (χ2n) is 4.45. The van der Waals surface area contributed by atoms with Crippen molar-refractivity contribution in [2.45, 2.75) is 36.5 Å². The fraction of sp³-hybridized carbons (Fsp3) is 0.500. The number of hydrogen-bond donors (Lipinski definition) is 2. The fourth-order valence-electron chi connectivity index (χ4n) is 1.33. The number of allylic oxidation sites excluding steroid dienone is 2. The van der Waals surface area contributed by atoms with Crippen molar-refractivity contribution in [3.05, 3.63) is 24.3 Å². The van der Waals surface area contributed by atoms with Crippen LogP contribution < -0.4 is 0 Å². The normalized spacial score (nSPS) is 14.5. The Hall–Kier alpha value is -2.14. The van der Waals surface area contributed by atoms with E-state index in [0.29, 0.717) is 0 Å². The maximum atomic E-state index is 13.3. The summed E-state index contributed by atoms with van der Waals surface area (Å²) in [6.07, 6.45) is -4.73. The lowest BCUT2D eigenvalue weighted by atomic mass is 9.94. The van der Waals surface area contributed by atoms with Crippen LogP contribution in [0.4, 0.5) is 35.1 Å². The summed E-state index contributed by atoms with van der Waals surface area (Å²) in [4.78, 5) is 20.0. The molecular formula is C12H10F8O4. The molecule has 0 spiro atoms. The molecule has 0 aliphatic carbocycles. The number of alkyl halides is 8. The van der Waals surface area contributed by atoms with Gasteiger partial charge in [-0.05, 0) is 0 Å². The van der Waals surface area contributed by atoms with Crippen LogP contribution in [0.25, 0.3) is 0 Å². The van der Waals surface area contributed by atoms with Crippen molar-refractivity contribution >= 4 is 11.9 Å². The Bertz CT molecular complexity index is 491. The molecule has 0 saturated heterocycles. The van der Waals surface area contributed by atoms with Crippen molar-refractivity contribution in [3.63, 3.8) is 0 Å². The number of aliphatic carboxylic acids is 2. The first kappa shape index (κ1) is 21.9. The van der Waals surface area contributed by atoms with Gasteiger partial charge in [0.05, 0.1) is 0 Å². The van der Waals surface area contributed by atoms with Crippen LogP contribution >= 0.6 is 0 Å². The van der Waals surface area contributed by atoms with E-state index < -0.39 is 48.5 Å². The molecule has 0 saturated carbocycles. The Labute approximate surface area is 129 Å². The zero-order valence-corrected chi connectivity index (χ0v) is 11.5. The van der Waals surface area contributed by atoms with Crippen molar-refractivity contribution in [3.8, 4) is 0 Å². The van der Waals surface area contributed by atoms with E-state index in [-0.39, 0.29) is 24.3 Å². The molecule has 0 unspecified atom stereocenters. The minimum atomic E-state index is -6.54. The van der Waals surface area contributed by atoms with E-state index >= 15 is 0 Å². The third-order valence-electron chi connectivity index (χ3n) is 2.58. The van der Waals surface area contributed by atoms with E-state index in [0.717, 1.165) is 0 Å². The van der Waals surface area contributed by atoms with Gasteiger partial charge in [-0.1, -0.05) is 12.2 Å². The van der Waals surface area contributed by atoms with Gasteiger partial charge in [0.1, 0.15) is 0 Å². The van der Waals surface area contributed by atoms with Gasteiger partial charge in [0.2, 0.25) is 0 Å². The van der Waals surface area contributed by atoms with Gasteiger partial charge in [0.25, 0.3) is 0 Å². The highest BCUT2D eigenvalue weighted by molar-refractivity contribution is 5.80. The molecule has 0 bridgehead atoms. The molecule has 0 aromatic carbocycles. The Kier molecular flexibility index (Phi) is 6.54. The van der Waals surface area contributed by atoms with Crippen molar-refractivity contribution in [1.29, 1.82) is 0 Å². The van der Waals surface area contributed by atoms with Crippen LogP contribution in [-0.2, 0) is 9.59 Å². The molecule has 0 atom stereocenters. The van der Waals surface area contributed by atoms with Crippen LogP contribution in [0.5, 0.6) is 0 Å². The van der Waals surface area contributed by atoms with Crippen LogP contribution in [0, 0.1) is 0 Å². The van der Waals surface area contributed by atoms with Gasteiger partial charge >= 0.3 is 35.6 Å². The van der Waals surface area contributed by atoms with Crippen molar-refractivity contribution < 1.29 is 54.9 Å². The highest BCUT2D eigenvalue weighted by Crippen LogP contribution is 2.54. The number of carboxylic acids is 2. The van der Waals surface area contributed by atoms with Crippen LogP contribution in [0.1, 0.15) is 12.8 Å². The summed E-state index contributed by atoms with van der Waals surface area (Å²) < 4.78 is 106. The SMILES string of the molecule is O=C(O)C=CCC(F)(F)C(F)(F)C(F)(F)C(F)(F)CC=CC(=O)O. The Balaban J connectivity index is 5.53. The lowest BCUT2D eigenvalue weighted by Crippen LogP contribution is -2.61. The molecule has 12 heteroatoms. The van der Waals surface area contributed by atoms with E-state index in [1.807, 2.05) is 0 Å². The first-order valence-corrected chi connectivity index (χ1v) is 5.88. The van der Waals surface area contributed by atoms with Crippen LogP contribution in [0.15, 0.2) is 24.3 Å². The first-order valence-electron chi connectivity index (χ1n) is 5.88. The third-order valence-corrected chi connectivity index (χ3v) is 2.58. The fourth-order valence-corrected chi connectivity index (χ4v) is 1.33. The van der Waals surface area contributed by atoms with Crippen LogP contribution in [-0.4, -0.2) is 45.8 Å². The van der Waals surface area contributed by atoms with E-state index in [1.54, 1.807) is 0 Å². The number of carbonyl (C=O) groups is 2. The smallest absolute Gasteiger partial charge is 0.378 e. The first-order chi connectivity index (χ1) is 10.6. The lowest BCUT2D eigenvalue weighted by molar-refractivity contribution is -0.364. The second kappa shape index (κ2) is 7.18. The average Bonchev–Trinajstić information content (AvgIpc) is 2.36. The van der Waals surface area contributed by atoms with Gasteiger partial charge in [0, 0.05) is 25.0 Å². The van der Waals surface area contributed by atoms with Crippen molar-refractivity contribution in [2.24, 2.45) is 0 Å². The number of hydrogen-bond acceptors (Lipinski definition) is 2. The molecular weight excluding hydrogens is 360 g/mol. The van der Waals surface area contributed by atoms with Gasteiger partial charge in [-0.2, -0.15) is 35.1 Å². The molecule has 0 amide bonds. The van der Waals surface area contributed by atoms with E-state index in [1.165, 1.54) is 0 Å². The lowest BCUT2D eigenvalue weighted by Gasteiger charge is -2.36. The average molecular weight is 370 g/mol. The quantitative estimate of drug-likeness (QED) is 0.481. The molecule has 0 heterocycles. The molecule has 0 rings (SSSR count). The summed E-state index contributed by atoms with van der Waals surface area (Å²) in [5.74, 6) is -28.1. The Morgan fingerprint density at radius 3 is 1.12 bits per heavy atom. The topological polar surface area (TPSA) is 74.6 Å². The zero-order chi connectivity index (χ0) is 19.4. The summed E-state index contributed by atoms with van der Waals surface area (Å²) in [5.41, 5.74) is 0. The monoisotopic (exact) mass is 370 g/mol. The number of halogens is 8. The number of rotatable bonds is 9. The zero-order valence-electron chi connectivity index (χ0n) is 11.5. The number of carboxylic acid groups (broad SMARTS) is 2. The second-order valence-corrected chi connectivity index (χ2v) is 4.45. The molecule has 0 fully saturated rings. The predicted octanol–water partition coefficient (Wildman–Crippen LogP) is 3.59. The van der Waals surface area contributed by atoms with E-state index in [4.69, 9.17) is 10.2 Å². The third kappa shape index (κ3) is 4.68. The van der Waals surface area contributed by atoms with E-state index in [9.17, 15) is 44.7 Å². The van der Waals surface area contributed by atoms with Gasteiger partial charge in [-0.25, -0.2) is 9.59 Å². The van der Waals surface area contributed by atoms with Crippen LogP contribution in [0.2, 0.25) is 0 Å². The van der Waals surface area contributed by atoms with Gasteiger partial charge in [-0.3, -0.25) is 0 Å². The highest BCUT2D eigenvalue weighted by atomic mass is 19.4. The molecule has 24 heavy (non-hydrogen) atoms. The maximum Gasteiger partial charge on any atom is 0.378 e. The summed E-state index contributed by atoms with van der Waals surface area (Å²) in [5, 5.41) is 16.2. The van der Waals surface area contributed by atoms with Gasteiger partial charge in [-0.15, -0.1) is 0 Å².